The van der Waals surface area contributed by atoms with E-state index in [1.807, 2.05) is 17.5 Å². The lowest BCUT2D eigenvalue weighted by molar-refractivity contribution is 0.373. The molecule has 26 heavy (non-hydrogen) atoms. The molecule has 0 aliphatic heterocycles. The zero-order valence-electron chi connectivity index (χ0n) is 14.2. The first-order valence-electron chi connectivity index (χ1n) is 8.03. The summed E-state index contributed by atoms with van der Waals surface area (Å²) in [6.07, 6.45) is 2.87. The van der Waals surface area contributed by atoms with Gasteiger partial charge in [0, 0.05) is 27.1 Å². The van der Waals surface area contributed by atoms with Crippen LogP contribution in [0.1, 0.15) is 12.3 Å². The van der Waals surface area contributed by atoms with Crippen molar-refractivity contribution in [2.24, 2.45) is 14.1 Å². The van der Waals surface area contributed by atoms with Crippen LogP contribution in [0.15, 0.2) is 38.0 Å². The van der Waals surface area contributed by atoms with Gasteiger partial charge >= 0.3 is 5.69 Å². The second-order valence-corrected chi connectivity index (χ2v) is 6.86. The number of thiophene rings is 1. The zero-order valence-corrected chi connectivity index (χ0v) is 15.1. The molecule has 0 saturated heterocycles. The third kappa shape index (κ3) is 2.68. The molecule has 0 unspecified atom stereocenters. The predicted octanol–water partition coefficient (Wildman–Crippen LogP) is 1.18. The molecule has 0 amide bonds. The van der Waals surface area contributed by atoms with Crippen molar-refractivity contribution in [2.45, 2.75) is 19.4 Å². The molecule has 10 heteroatoms. The number of aryl methyl sites for hydroxylation is 3. The molecule has 0 spiro atoms. The van der Waals surface area contributed by atoms with Crippen LogP contribution in [0.4, 0.5) is 0 Å². The average Bonchev–Trinajstić information content (AvgIpc) is 3.37. The van der Waals surface area contributed by atoms with E-state index in [2.05, 4.69) is 15.1 Å². The minimum absolute atomic E-state index is 0.349. The monoisotopic (exact) mass is 372 g/mol. The predicted molar refractivity (Wildman–Crippen MR) is 96.1 cm³/mol. The Kier molecular flexibility index (Phi) is 4.03. The van der Waals surface area contributed by atoms with E-state index in [0.717, 1.165) is 9.44 Å². The fraction of sp³-hybridized carbons (Fsp3) is 0.312. The molecule has 0 N–H and O–H groups in total. The quantitative estimate of drug-likeness (QED) is 0.521. The maximum Gasteiger partial charge on any atom is 0.332 e. The average molecular weight is 372 g/mol. The topological polar surface area (TPSA) is 101 Å². The van der Waals surface area contributed by atoms with Crippen LogP contribution in [0.25, 0.3) is 21.9 Å². The van der Waals surface area contributed by atoms with Gasteiger partial charge < -0.3 is 9.09 Å². The van der Waals surface area contributed by atoms with Gasteiger partial charge in [-0.25, -0.2) is 9.78 Å². The molecule has 0 saturated carbocycles. The van der Waals surface area contributed by atoms with Gasteiger partial charge in [0.2, 0.25) is 11.7 Å². The van der Waals surface area contributed by atoms with E-state index in [0.29, 0.717) is 42.3 Å². The molecule has 9 nitrogen and oxygen atoms in total. The fourth-order valence-corrected chi connectivity index (χ4v) is 3.48. The molecule has 134 valence electrons. The van der Waals surface area contributed by atoms with Gasteiger partial charge in [0.15, 0.2) is 11.2 Å². The molecule has 4 aromatic heterocycles. The van der Waals surface area contributed by atoms with Crippen LogP contribution in [-0.4, -0.2) is 28.8 Å². The lowest BCUT2D eigenvalue weighted by Crippen LogP contribution is -2.37. The van der Waals surface area contributed by atoms with E-state index >= 15 is 0 Å². The first-order valence-corrected chi connectivity index (χ1v) is 8.91. The van der Waals surface area contributed by atoms with Crippen molar-refractivity contribution < 1.29 is 4.52 Å². The van der Waals surface area contributed by atoms with Gasteiger partial charge in [-0.2, -0.15) is 4.98 Å². The van der Waals surface area contributed by atoms with Gasteiger partial charge in [0.1, 0.15) is 0 Å². The molecule has 4 rings (SSSR count). The van der Waals surface area contributed by atoms with Crippen LogP contribution in [0, 0.1) is 0 Å². The summed E-state index contributed by atoms with van der Waals surface area (Å²) in [7, 11) is 3.07. The first kappa shape index (κ1) is 16.5. The van der Waals surface area contributed by atoms with Crippen LogP contribution in [0.3, 0.4) is 0 Å². The summed E-state index contributed by atoms with van der Waals surface area (Å²) in [4.78, 5) is 33.9. The molecule has 0 fully saturated rings. The molecule has 0 aliphatic rings. The van der Waals surface area contributed by atoms with Crippen molar-refractivity contribution >= 4 is 22.5 Å². The normalized spacial score (nSPS) is 11.5. The smallest absolute Gasteiger partial charge is 0.332 e. The molecule has 0 aliphatic carbocycles. The summed E-state index contributed by atoms with van der Waals surface area (Å²) in [6.45, 7) is 0.556. The standard InChI is InChI=1S/C16H16N6O3S/c1-20-14-12(15(23)21(2)16(20)24)22(9-17-14)7-3-6-11-18-13(19-25-11)10-5-4-8-26-10/h4-5,8-9H,3,6-7H2,1-2H3. The van der Waals surface area contributed by atoms with Gasteiger partial charge in [-0.1, -0.05) is 11.2 Å². The highest BCUT2D eigenvalue weighted by Gasteiger charge is 2.14. The number of fused-ring (bicyclic) bond motifs is 1. The Hall–Kier alpha value is -3.01. The van der Waals surface area contributed by atoms with E-state index in [1.54, 1.807) is 29.3 Å². The van der Waals surface area contributed by atoms with Crippen molar-refractivity contribution in [1.82, 2.24) is 28.8 Å². The number of aromatic nitrogens is 6. The number of imidazole rings is 1. The molecule has 4 aromatic rings. The highest BCUT2D eigenvalue weighted by atomic mass is 32.1. The lowest BCUT2D eigenvalue weighted by Gasteiger charge is -2.05. The van der Waals surface area contributed by atoms with E-state index in [-0.39, 0.29) is 11.2 Å². The minimum atomic E-state index is -0.389. The Bertz CT molecular complexity index is 1180. The maximum absolute atomic E-state index is 12.4. The first-order chi connectivity index (χ1) is 12.6. The Morgan fingerprint density at radius 1 is 1.23 bits per heavy atom. The second kappa shape index (κ2) is 6.37. The largest absolute Gasteiger partial charge is 0.339 e. The zero-order chi connectivity index (χ0) is 18.3. The van der Waals surface area contributed by atoms with Gasteiger partial charge in [-0.05, 0) is 17.9 Å². The Balaban J connectivity index is 1.52. The van der Waals surface area contributed by atoms with E-state index < -0.39 is 0 Å². The lowest BCUT2D eigenvalue weighted by atomic mass is 10.3. The number of nitrogens with zero attached hydrogens (tertiary/aromatic N) is 6. The third-order valence-electron chi connectivity index (χ3n) is 4.22. The number of rotatable bonds is 5. The highest BCUT2D eigenvalue weighted by Crippen LogP contribution is 2.21. The second-order valence-electron chi connectivity index (χ2n) is 5.91. The van der Waals surface area contributed by atoms with Crippen molar-refractivity contribution in [1.29, 1.82) is 0 Å². The van der Waals surface area contributed by atoms with Crippen molar-refractivity contribution in [3.63, 3.8) is 0 Å². The van der Waals surface area contributed by atoms with Crippen LogP contribution < -0.4 is 11.2 Å². The molecular weight excluding hydrogens is 356 g/mol. The van der Waals surface area contributed by atoms with Gasteiger partial charge in [-0.15, -0.1) is 11.3 Å². The SMILES string of the molecule is Cn1c(=O)c2c(ncn2CCCc2nc(-c3cccs3)no2)n(C)c1=O. The van der Waals surface area contributed by atoms with Gasteiger partial charge in [0.05, 0.1) is 11.2 Å². The summed E-state index contributed by atoms with van der Waals surface area (Å²) >= 11 is 1.56. The molecule has 0 radical (unpaired) electrons. The minimum Gasteiger partial charge on any atom is -0.339 e. The van der Waals surface area contributed by atoms with Crippen molar-refractivity contribution in [3.05, 3.63) is 50.6 Å². The number of hydrogen-bond donors (Lipinski definition) is 0. The molecule has 4 heterocycles. The molecule has 0 bridgehead atoms. The van der Waals surface area contributed by atoms with Crippen LogP contribution in [0.2, 0.25) is 0 Å². The van der Waals surface area contributed by atoms with Gasteiger partial charge in [0.25, 0.3) is 5.56 Å². The van der Waals surface area contributed by atoms with Gasteiger partial charge in [-0.3, -0.25) is 13.9 Å². The Labute approximate surface area is 151 Å². The summed E-state index contributed by atoms with van der Waals surface area (Å²) < 4.78 is 9.50. The summed E-state index contributed by atoms with van der Waals surface area (Å²) in [5.41, 5.74) is 0.0633. The number of hydrogen-bond acceptors (Lipinski definition) is 7. The molecule has 0 atom stereocenters. The summed E-state index contributed by atoms with van der Waals surface area (Å²) in [5.74, 6) is 1.14. The van der Waals surface area contributed by atoms with Crippen LogP contribution in [0.5, 0.6) is 0 Å². The van der Waals surface area contributed by atoms with Crippen molar-refractivity contribution in [2.75, 3.05) is 0 Å². The Morgan fingerprint density at radius 2 is 2.08 bits per heavy atom. The van der Waals surface area contributed by atoms with E-state index in [4.69, 9.17) is 4.52 Å². The maximum atomic E-state index is 12.4. The van der Waals surface area contributed by atoms with E-state index in [1.165, 1.54) is 11.6 Å². The molecule has 0 aromatic carbocycles. The third-order valence-corrected chi connectivity index (χ3v) is 5.08. The Morgan fingerprint density at radius 3 is 2.85 bits per heavy atom. The highest BCUT2D eigenvalue weighted by molar-refractivity contribution is 7.13. The summed E-state index contributed by atoms with van der Waals surface area (Å²) in [5, 5.41) is 5.95. The van der Waals surface area contributed by atoms with Crippen molar-refractivity contribution in [3.8, 4) is 10.7 Å². The van der Waals surface area contributed by atoms with E-state index in [9.17, 15) is 9.59 Å². The van der Waals surface area contributed by atoms with Crippen LogP contribution in [-0.2, 0) is 27.1 Å². The molecular formula is C16H16N6O3S. The fourth-order valence-electron chi connectivity index (χ4n) is 2.83. The summed E-state index contributed by atoms with van der Waals surface area (Å²) in [6, 6.07) is 3.88. The van der Waals surface area contributed by atoms with Crippen LogP contribution >= 0.6 is 11.3 Å².